The minimum Gasteiger partial charge on any atom is -0.298 e. The molecule has 0 radical (unpaired) electrons. The van der Waals surface area contributed by atoms with E-state index in [1.807, 2.05) is 13.0 Å². The molecule has 0 spiro atoms. The number of nitrogens with one attached hydrogen (secondary N) is 3. The molecule has 168 valence electrons. The Kier molecular flexibility index (Phi) is 6.45. The largest absolute Gasteiger partial charge is 0.418 e. The van der Waals surface area contributed by atoms with Crippen LogP contribution >= 0.6 is 0 Å². The molecule has 0 aliphatic carbocycles. The Morgan fingerprint density at radius 3 is 2.31 bits per heavy atom. The number of carbonyl (C=O) groups is 1. The van der Waals surface area contributed by atoms with Crippen LogP contribution in [0.5, 0.6) is 0 Å². The van der Waals surface area contributed by atoms with Gasteiger partial charge in [0.25, 0.3) is 15.9 Å². The van der Waals surface area contributed by atoms with E-state index in [2.05, 4.69) is 15.6 Å². The molecule has 0 saturated carbocycles. The number of alkyl halides is 3. The molecule has 0 heterocycles. The molecule has 3 rings (SSSR count). The fourth-order valence-electron chi connectivity index (χ4n) is 2.97. The van der Waals surface area contributed by atoms with Gasteiger partial charge in [-0.3, -0.25) is 20.4 Å². The van der Waals surface area contributed by atoms with Crippen molar-refractivity contribution >= 4 is 27.3 Å². The van der Waals surface area contributed by atoms with Gasteiger partial charge in [0.15, 0.2) is 0 Å². The molecule has 0 atom stereocenters. The summed E-state index contributed by atoms with van der Waals surface area (Å²) in [4.78, 5) is 12.5. The monoisotopic (exact) mass is 463 g/mol. The summed E-state index contributed by atoms with van der Waals surface area (Å²) in [5.74, 6) is -0.785. The number of hydrazine groups is 1. The van der Waals surface area contributed by atoms with Crippen LogP contribution in [-0.2, 0) is 16.2 Å². The van der Waals surface area contributed by atoms with Crippen LogP contribution in [-0.4, -0.2) is 14.3 Å². The summed E-state index contributed by atoms with van der Waals surface area (Å²) >= 11 is 0. The molecule has 3 aromatic rings. The van der Waals surface area contributed by atoms with Crippen molar-refractivity contribution in [3.8, 4) is 0 Å². The van der Waals surface area contributed by atoms with Gasteiger partial charge in [0.2, 0.25) is 0 Å². The van der Waals surface area contributed by atoms with Gasteiger partial charge in [-0.2, -0.15) is 13.2 Å². The molecular formula is C22H20F3N3O3S. The van der Waals surface area contributed by atoms with Crippen molar-refractivity contribution in [2.24, 2.45) is 0 Å². The average molecular weight is 463 g/mol. The van der Waals surface area contributed by atoms with E-state index in [9.17, 15) is 26.4 Å². The van der Waals surface area contributed by atoms with Gasteiger partial charge in [0, 0.05) is 11.3 Å². The highest BCUT2D eigenvalue weighted by Crippen LogP contribution is 2.34. The summed E-state index contributed by atoms with van der Waals surface area (Å²) in [7, 11) is -4.00. The topological polar surface area (TPSA) is 87.3 Å². The lowest BCUT2D eigenvalue weighted by molar-refractivity contribution is -0.137. The molecule has 0 bridgehead atoms. The maximum atomic E-state index is 13.1. The molecule has 10 heteroatoms. The van der Waals surface area contributed by atoms with E-state index >= 15 is 0 Å². The van der Waals surface area contributed by atoms with E-state index in [4.69, 9.17) is 0 Å². The van der Waals surface area contributed by atoms with Crippen LogP contribution in [0.1, 0.15) is 27.0 Å². The van der Waals surface area contributed by atoms with Gasteiger partial charge < -0.3 is 0 Å². The second kappa shape index (κ2) is 8.91. The first-order valence-corrected chi connectivity index (χ1v) is 10.9. The zero-order valence-electron chi connectivity index (χ0n) is 17.1. The highest BCUT2D eigenvalue weighted by Gasteiger charge is 2.33. The second-order valence-corrected chi connectivity index (χ2v) is 8.76. The predicted octanol–water partition coefficient (Wildman–Crippen LogP) is 4.88. The zero-order chi connectivity index (χ0) is 23.5. The van der Waals surface area contributed by atoms with Crippen LogP contribution in [0.15, 0.2) is 71.6 Å². The number of hydrogen-bond acceptors (Lipinski definition) is 4. The number of hydrogen-bond donors (Lipinski definition) is 3. The first-order chi connectivity index (χ1) is 15.0. The van der Waals surface area contributed by atoms with Crippen LogP contribution in [0.2, 0.25) is 0 Å². The number of carbonyl (C=O) groups excluding carboxylic acids is 1. The van der Waals surface area contributed by atoms with E-state index in [0.29, 0.717) is 11.3 Å². The molecule has 0 fully saturated rings. The molecular weight excluding hydrogens is 443 g/mol. The molecule has 0 unspecified atom stereocenters. The Balaban J connectivity index is 1.82. The number of rotatable bonds is 6. The SMILES string of the molecule is Cc1cccc(NS(=O)(=O)c2ccc(C)c(C(=O)NNc3ccccc3C(F)(F)F)c2)c1. The van der Waals surface area contributed by atoms with Crippen molar-refractivity contribution in [2.45, 2.75) is 24.9 Å². The summed E-state index contributed by atoms with van der Waals surface area (Å²) < 4.78 is 67.3. The molecule has 0 saturated heterocycles. The third-order valence-corrected chi connectivity index (χ3v) is 5.96. The third-order valence-electron chi connectivity index (χ3n) is 4.58. The third kappa shape index (κ3) is 5.38. The van der Waals surface area contributed by atoms with Crippen molar-refractivity contribution in [3.05, 3.63) is 89.0 Å². The number of para-hydroxylation sites is 1. The lowest BCUT2D eigenvalue weighted by Crippen LogP contribution is -2.31. The summed E-state index contributed by atoms with van der Waals surface area (Å²) in [5, 5.41) is 0. The summed E-state index contributed by atoms with van der Waals surface area (Å²) in [5.41, 5.74) is 4.84. The van der Waals surface area contributed by atoms with E-state index in [0.717, 1.165) is 11.6 Å². The van der Waals surface area contributed by atoms with E-state index in [-0.39, 0.29) is 16.1 Å². The van der Waals surface area contributed by atoms with Gasteiger partial charge in [0.1, 0.15) is 0 Å². The van der Waals surface area contributed by atoms with Crippen LogP contribution in [0.4, 0.5) is 24.5 Å². The van der Waals surface area contributed by atoms with Crippen LogP contribution in [0, 0.1) is 13.8 Å². The minimum absolute atomic E-state index is 0.00546. The molecule has 3 aromatic carbocycles. The predicted molar refractivity (Wildman–Crippen MR) is 116 cm³/mol. The van der Waals surface area contributed by atoms with Gasteiger partial charge in [-0.05, 0) is 61.4 Å². The second-order valence-electron chi connectivity index (χ2n) is 7.07. The van der Waals surface area contributed by atoms with Crippen molar-refractivity contribution < 1.29 is 26.4 Å². The van der Waals surface area contributed by atoms with Gasteiger partial charge >= 0.3 is 6.18 Å². The number of anilines is 2. The van der Waals surface area contributed by atoms with Gasteiger partial charge in [-0.1, -0.05) is 30.3 Å². The number of halogens is 3. The van der Waals surface area contributed by atoms with Gasteiger partial charge in [-0.15, -0.1) is 0 Å². The number of amides is 1. The minimum atomic E-state index is -4.61. The first-order valence-electron chi connectivity index (χ1n) is 9.40. The van der Waals surface area contributed by atoms with Gasteiger partial charge in [-0.25, -0.2) is 8.42 Å². The highest BCUT2D eigenvalue weighted by molar-refractivity contribution is 7.92. The van der Waals surface area contributed by atoms with E-state index in [1.165, 1.54) is 36.4 Å². The normalized spacial score (nSPS) is 11.7. The van der Waals surface area contributed by atoms with Crippen LogP contribution in [0.3, 0.4) is 0 Å². The number of benzene rings is 3. The van der Waals surface area contributed by atoms with Crippen molar-refractivity contribution in [2.75, 3.05) is 10.1 Å². The molecule has 0 aliphatic heterocycles. The van der Waals surface area contributed by atoms with Crippen molar-refractivity contribution in [1.82, 2.24) is 5.43 Å². The lowest BCUT2D eigenvalue weighted by Gasteiger charge is -2.16. The Bertz CT molecular complexity index is 1260. The average Bonchev–Trinajstić information content (AvgIpc) is 2.71. The Morgan fingerprint density at radius 1 is 0.906 bits per heavy atom. The molecule has 0 aromatic heterocycles. The van der Waals surface area contributed by atoms with Crippen LogP contribution in [0.25, 0.3) is 0 Å². The molecule has 1 amide bonds. The molecule has 6 nitrogen and oxygen atoms in total. The number of aryl methyl sites for hydroxylation is 2. The first kappa shape index (κ1) is 23.1. The fraction of sp³-hybridized carbons (Fsp3) is 0.136. The Hall–Kier alpha value is -3.53. The molecule has 0 aliphatic rings. The van der Waals surface area contributed by atoms with Crippen LogP contribution < -0.4 is 15.6 Å². The highest BCUT2D eigenvalue weighted by atomic mass is 32.2. The Morgan fingerprint density at radius 2 is 1.62 bits per heavy atom. The van der Waals surface area contributed by atoms with Gasteiger partial charge in [0.05, 0.1) is 16.1 Å². The van der Waals surface area contributed by atoms with E-state index < -0.39 is 27.7 Å². The quantitative estimate of drug-likeness (QED) is 0.455. The standard InChI is InChI=1S/C22H20F3N3O3S/c1-14-6-5-7-16(12-14)28-32(30,31)17-11-10-15(2)18(13-17)21(29)27-26-20-9-4-3-8-19(20)22(23,24)25/h3-13,26,28H,1-2H3,(H,27,29). The van der Waals surface area contributed by atoms with E-state index in [1.54, 1.807) is 25.1 Å². The molecule has 32 heavy (non-hydrogen) atoms. The Labute approximate surface area is 183 Å². The molecule has 3 N–H and O–H groups in total. The number of sulfonamides is 1. The van der Waals surface area contributed by atoms with Crippen molar-refractivity contribution in [3.63, 3.8) is 0 Å². The lowest BCUT2D eigenvalue weighted by atomic mass is 10.1. The summed E-state index contributed by atoms with van der Waals surface area (Å²) in [6.07, 6.45) is -4.61. The smallest absolute Gasteiger partial charge is 0.298 e. The summed E-state index contributed by atoms with van der Waals surface area (Å²) in [6.45, 7) is 3.40. The maximum absolute atomic E-state index is 13.1. The summed E-state index contributed by atoms with van der Waals surface area (Å²) in [6, 6.07) is 15.4. The zero-order valence-corrected chi connectivity index (χ0v) is 17.9. The van der Waals surface area contributed by atoms with Crippen molar-refractivity contribution in [1.29, 1.82) is 0 Å². The fourth-order valence-corrected chi connectivity index (χ4v) is 4.04. The maximum Gasteiger partial charge on any atom is 0.418 e.